The molecule has 1 heterocycles. The summed E-state index contributed by atoms with van der Waals surface area (Å²) in [5, 5.41) is 6.67. The number of amides is 1. The maximum atomic E-state index is 13.6. The number of rotatable bonds is 10. The van der Waals surface area contributed by atoms with Crippen LogP contribution in [0.4, 0.5) is 0 Å². The fraction of sp³-hybridized carbons (Fsp3) is 0.233. The predicted molar refractivity (Wildman–Crippen MR) is 146 cm³/mol. The lowest BCUT2D eigenvalue weighted by Crippen LogP contribution is -2.42. The third kappa shape index (κ3) is 6.36. The van der Waals surface area contributed by atoms with Crippen LogP contribution in [0.15, 0.2) is 102 Å². The van der Waals surface area contributed by atoms with Crippen molar-refractivity contribution in [3.05, 3.63) is 130 Å². The monoisotopic (exact) mass is 491 g/mol. The van der Waals surface area contributed by atoms with Crippen LogP contribution in [-0.4, -0.2) is 41.4 Å². The van der Waals surface area contributed by atoms with Crippen LogP contribution in [0, 0.1) is 0 Å². The molecule has 3 aromatic carbocycles. The number of hydrogen-bond acceptors (Lipinski definition) is 4. The number of H-pyrrole nitrogens is 1. The molecule has 186 valence electrons. The normalized spacial score (nSPS) is 11.9. The smallest absolute Gasteiger partial charge is 0.278 e. The number of benzene rings is 3. The second kappa shape index (κ2) is 12.2. The number of carbonyl (C=O) groups excluding carboxylic acids is 1. The summed E-state index contributed by atoms with van der Waals surface area (Å²) >= 11 is 0. The van der Waals surface area contributed by atoms with Crippen LogP contribution in [0.3, 0.4) is 0 Å². The second-order valence-electron chi connectivity index (χ2n) is 9.22. The van der Waals surface area contributed by atoms with Gasteiger partial charge in [0.2, 0.25) is 0 Å². The third-order valence-electron chi connectivity index (χ3n) is 6.29. The highest BCUT2D eigenvalue weighted by atomic mass is 16.5. The zero-order chi connectivity index (χ0) is 26.2. The summed E-state index contributed by atoms with van der Waals surface area (Å²) in [7, 11) is 6.79. The van der Waals surface area contributed by atoms with Gasteiger partial charge in [-0.1, -0.05) is 91.0 Å². The van der Waals surface area contributed by atoms with Crippen molar-refractivity contribution in [2.24, 2.45) is 0 Å². The van der Waals surface area contributed by atoms with Gasteiger partial charge in [0.05, 0.1) is 14.0 Å². The van der Waals surface area contributed by atoms with Crippen LogP contribution >= 0.6 is 0 Å². The van der Waals surface area contributed by atoms with E-state index in [0.29, 0.717) is 0 Å². The van der Waals surface area contributed by atoms with Crippen molar-refractivity contribution in [2.75, 3.05) is 6.54 Å². The Kier molecular flexibility index (Phi) is 8.57. The van der Waals surface area contributed by atoms with Gasteiger partial charge in [-0.05, 0) is 36.4 Å². The molecule has 0 aliphatic rings. The maximum Gasteiger partial charge on any atom is 0.278 e. The van der Waals surface area contributed by atoms with E-state index in [9.17, 15) is 9.59 Å². The number of hydrogen-bond donors (Lipinski definition) is 1. The highest BCUT2D eigenvalue weighted by molar-refractivity contribution is 6.13. The minimum Gasteiger partial charge on any atom is -0.483 e. The molecular weight excluding hydrogens is 461 g/mol. The first kappa shape index (κ1) is 26.0. The predicted octanol–water partition coefficient (Wildman–Crippen LogP) is 4.99. The zero-order valence-electron chi connectivity index (χ0n) is 21.1. The number of aromatic nitrogens is 2. The summed E-state index contributed by atoms with van der Waals surface area (Å²) in [4.78, 5) is 28.3. The SMILES string of the molecule is [B][C@@H](CN(C(=O)c1n[nH]cc(OCc2ccccc2)c1=O)C(C)C)C(c1ccccc1)c1ccccc1. The van der Waals surface area contributed by atoms with Crippen LogP contribution in [0.5, 0.6) is 5.75 Å². The Bertz CT molecular complexity index is 1310. The minimum absolute atomic E-state index is 0.0432. The Morgan fingerprint density at radius 3 is 2.00 bits per heavy atom. The molecule has 1 aromatic heterocycles. The van der Waals surface area contributed by atoms with Gasteiger partial charge in [0.25, 0.3) is 11.3 Å². The number of nitrogens with one attached hydrogen (secondary N) is 1. The first-order chi connectivity index (χ1) is 18.0. The van der Waals surface area contributed by atoms with E-state index in [2.05, 4.69) is 10.2 Å². The first-order valence-corrected chi connectivity index (χ1v) is 12.4. The van der Waals surface area contributed by atoms with Crippen LogP contribution < -0.4 is 10.2 Å². The Labute approximate surface area is 218 Å². The standard InChI is InChI=1S/C30H30BN3O3/c1-21(2)34(19-25(31)27(23-14-8-4-9-15-23)24-16-10-5-11-17-24)30(36)28-29(35)26(18-32-33-28)37-20-22-12-6-3-7-13-22/h3-18,21,25,27H,19-20H2,1-2H3,(H,32,35)/t25-/m0/s1. The molecule has 0 saturated carbocycles. The number of aromatic amines is 1. The van der Waals surface area contributed by atoms with E-state index in [1.807, 2.05) is 105 Å². The third-order valence-corrected chi connectivity index (χ3v) is 6.29. The molecule has 1 N–H and O–H groups in total. The topological polar surface area (TPSA) is 75.3 Å². The number of carbonyl (C=O) groups is 1. The van der Waals surface area contributed by atoms with Crippen LogP contribution in [-0.2, 0) is 6.61 Å². The van der Waals surface area contributed by atoms with Gasteiger partial charge in [-0.3, -0.25) is 14.7 Å². The van der Waals surface area contributed by atoms with E-state index in [1.165, 1.54) is 6.20 Å². The van der Waals surface area contributed by atoms with Gasteiger partial charge in [-0.15, -0.1) is 0 Å². The minimum atomic E-state index is -0.554. The van der Waals surface area contributed by atoms with E-state index in [-0.39, 0.29) is 36.6 Å². The molecule has 1 amide bonds. The average molecular weight is 491 g/mol. The molecule has 0 unspecified atom stereocenters. The lowest BCUT2D eigenvalue weighted by atomic mass is 9.70. The van der Waals surface area contributed by atoms with E-state index in [0.717, 1.165) is 16.7 Å². The summed E-state index contributed by atoms with van der Waals surface area (Å²) in [6.07, 6.45) is 1.37. The van der Waals surface area contributed by atoms with Crippen LogP contribution in [0.25, 0.3) is 0 Å². The van der Waals surface area contributed by atoms with Gasteiger partial charge in [0.15, 0.2) is 11.4 Å². The van der Waals surface area contributed by atoms with Gasteiger partial charge in [-0.25, -0.2) is 0 Å². The zero-order valence-corrected chi connectivity index (χ0v) is 21.1. The number of nitrogens with zero attached hydrogens (tertiary/aromatic N) is 2. The lowest BCUT2D eigenvalue weighted by molar-refractivity contribution is 0.0692. The lowest BCUT2D eigenvalue weighted by Gasteiger charge is -2.33. The van der Waals surface area contributed by atoms with E-state index in [4.69, 9.17) is 12.6 Å². The van der Waals surface area contributed by atoms with Crippen molar-refractivity contribution >= 4 is 13.8 Å². The fourth-order valence-corrected chi connectivity index (χ4v) is 4.38. The Morgan fingerprint density at radius 2 is 1.46 bits per heavy atom. The molecule has 2 radical (unpaired) electrons. The molecule has 37 heavy (non-hydrogen) atoms. The Hall–Kier alpha value is -4.13. The molecule has 1 atom stereocenters. The molecule has 0 saturated heterocycles. The molecule has 4 aromatic rings. The van der Waals surface area contributed by atoms with E-state index < -0.39 is 17.2 Å². The van der Waals surface area contributed by atoms with Crippen molar-refractivity contribution < 1.29 is 9.53 Å². The average Bonchev–Trinajstić information content (AvgIpc) is 2.92. The van der Waals surface area contributed by atoms with Crippen LogP contribution in [0.2, 0.25) is 5.82 Å². The summed E-state index contributed by atoms with van der Waals surface area (Å²) in [5.74, 6) is -1.01. The summed E-state index contributed by atoms with van der Waals surface area (Å²) < 4.78 is 5.71. The van der Waals surface area contributed by atoms with Gasteiger partial charge >= 0.3 is 0 Å². The fourth-order valence-electron chi connectivity index (χ4n) is 4.38. The molecule has 0 bridgehead atoms. The van der Waals surface area contributed by atoms with E-state index >= 15 is 0 Å². The Balaban J connectivity index is 1.58. The summed E-state index contributed by atoms with van der Waals surface area (Å²) in [6, 6.07) is 29.3. The van der Waals surface area contributed by atoms with Gasteiger partial charge < -0.3 is 9.64 Å². The summed E-state index contributed by atoms with van der Waals surface area (Å²) in [5.41, 5.74) is 2.26. The van der Waals surface area contributed by atoms with Crippen molar-refractivity contribution in [3.63, 3.8) is 0 Å². The molecule has 0 spiro atoms. The van der Waals surface area contributed by atoms with E-state index in [1.54, 1.807) is 4.90 Å². The van der Waals surface area contributed by atoms with Gasteiger partial charge in [0.1, 0.15) is 6.61 Å². The van der Waals surface area contributed by atoms with Crippen molar-refractivity contribution in [2.45, 2.75) is 38.2 Å². The maximum absolute atomic E-state index is 13.6. The largest absolute Gasteiger partial charge is 0.483 e. The highest BCUT2D eigenvalue weighted by Crippen LogP contribution is 2.35. The first-order valence-electron chi connectivity index (χ1n) is 12.4. The highest BCUT2D eigenvalue weighted by Gasteiger charge is 2.29. The molecular formula is C30H30BN3O3. The molecule has 0 fully saturated rings. The Morgan fingerprint density at radius 1 is 0.919 bits per heavy atom. The summed E-state index contributed by atoms with van der Waals surface area (Å²) in [6.45, 7) is 4.24. The molecule has 4 rings (SSSR count). The van der Waals surface area contributed by atoms with Crippen LogP contribution in [0.1, 0.15) is 46.9 Å². The van der Waals surface area contributed by atoms with Crippen molar-refractivity contribution in [3.8, 4) is 5.75 Å². The molecule has 6 nitrogen and oxygen atoms in total. The molecule has 0 aliphatic heterocycles. The van der Waals surface area contributed by atoms with Gasteiger partial charge in [0, 0.05) is 18.5 Å². The quantitative estimate of drug-likeness (QED) is 0.317. The van der Waals surface area contributed by atoms with Crippen molar-refractivity contribution in [1.29, 1.82) is 0 Å². The second-order valence-corrected chi connectivity index (χ2v) is 9.22. The molecule has 0 aliphatic carbocycles. The molecule has 7 heteroatoms. The van der Waals surface area contributed by atoms with Gasteiger partial charge in [-0.2, -0.15) is 5.10 Å². The van der Waals surface area contributed by atoms with Crippen molar-refractivity contribution in [1.82, 2.24) is 15.1 Å². The number of ether oxygens (including phenoxy) is 1.